The number of ether oxygens (including phenoxy) is 1. The highest BCUT2D eigenvalue weighted by Crippen LogP contribution is 2.33. The van der Waals surface area contributed by atoms with E-state index >= 15 is 0 Å². The number of aromatic nitrogens is 1. The van der Waals surface area contributed by atoms with E-state index in [1.54, 1.807) is 0 Å². The minimum Gasteiger partial charge on any atom is -0.381 e. The summed E-state index contributed by atoms with van der Waals surface area (Å²) >= 11 is 4.60. The van der Waals surface area contributed by atoms with Crippen LogP contribution in [0.2, 0.25) is 0 Å². The van der Waals surface area contributed by atoms with E-state index < -0.39 is 0 Å². The lowest BCUT2D eigenvalue weighted by atomic mass is 9.81. The van der Waals surface area contributed by atoms with Crippen LogP contribution in [-0.2, 0) is 11.3 Å². The molecule has 1 aromatic heterocycles. The van der Waals surface area contributed by atoms with Crippen molar-refractivity contribution in [2.75, 3.05) is 32.1 Å². The van der Waals surface area contributed by atoms with Gasteiger partial charge in [-0.15, -0.1) is 0 Å². The van der Waals surface area contributed by atoms with Crippen molar-refractivity contribution in [1.82, 2.24) is 9.88 Å². The SMILES string of the molecule is CCN(Cc1ccncc1)CC1(CS)CCOCC1. The Morgan fingerprint density at radius 2 is 2.00 bits per heavy atom. The van der Waals surface area contributed by atoms with E-state index in [9.17, 15) is 0 Å². The molecule has 0 aliphatic carbocycles. The minimum absolute atomic E-state index is 0.324. The number of thiol groups is 1. The zero-order chi connectivity index (χ0) is 13.6. The molecule has 2 rings (SSSR count). The van der Waals surface area contributed by atoms with Crippen molar-refractivity contribution in [3.63, 3.8) is 0 Å². The van der Waals surface area contributed by atoms with Gasteiger partial charge in [0.15, 0.2) is 0 Å². The van der Waals surface area contributed by atoms with Gasteiger partial charge in [0.25, 0.3) is 0 Å². The molecule has 0 atom stereocenters. The van der Waals surface area contributed by atoms with Crippen LogP contribution in [0.1, 0.15) is 25.3 Å². The Kier molecular flexibility index (Phi) is 5.67. The summed E-state index contributed by atoms with van der Waals surface area (Å²) in [4.78, 5) is 6.59. The Bertz CT molecular complexity index is 366. The fourth-order valence-corrected chi connectivity index (χ4v) is 3.09. The van der Waals surface area contributed by atoms with Crippen LogP contribution in [0.15, 0.2) is 24.5 Å². The van der Waals surface area contributed by atoms with E-state index in [1.165, 1.54) is 5.56 Å². The summed E-state index contributed by atoms with van der Waals surface area (Å²) in [7, 11) is 0. The fraction of sp³-hybridized carbons (Fsp3) is 0.667. The van der Waals surface area contributed by atoms with Gasteiger partial charge in [-0.25, -0.2) is 0 Å². The second-order valence-corrected chi connectivity index (χ2v) is 5.75. The average molecular weight is 280 g/mol. The zero-order valence-electron chi connectivity index (χ0n) is 11.7. The summed E-state index contributed by atoms with van der Waals surface area (Å²) < 4.78 is 5.50. The lowest BCUT2D eigenvalue weighted by Gasteiger charge is -2.40. The zero-order valence-corrected chi connectivity index (χ0v) is 12.6. The molecular formula is C15H24N2OS. The van der Waals surface area contributed by atoms with Crippen molar-refractivity contribution < 1.29 is 4.74 Å². The lowest BCUT2D eigenvalue weighted by Crippen LogP contribution is -2.42. The Morgan fingerprint density at radius 3 is 2.58 bits per heavy atom. The van der Waals surface area contributed by atoms with Gasteiger partial charge in [0.1, 0.15) is 0 Å². The van der Waals surface area contributed by atoms with Gasteiger partial charge in [-0.2, -0.15) is 12.6 Å². The average Bonchev–Trinajstić information content (AvgIpc) is 2.48. The van der Waals surface area contributed by atoms with E-state index in [1.807, 2.05) is 12.4 Å². The third-order valence-corrected chi connectivity index (χ3v) is 4.72. The lowest BCUT2D eigenvalue weighted by molar-refractivity contribution is 0.00721. The van der Waals surface area contributed by atoms with Crippen molar-refractivity contribution in [2.45, 2.75) is 26.3 Å². The predicted molar refractivity (Wildman–Crippen MR) is 81.5 cm³/mol. The van der Waals surface area contributed by atoms with Crippen LogP contribution >= 0.6 is 12.6 Å². The van der Waals surface area contributed by atoms with E-state index in [4.69, 9.17) is 4.74 Å². The Morgan fingerprint density at radius 1 is 1.32 bits per heavy atom. The van der Waals surface area contributed by atoms with Crippen molar-refractivity contribution in [1.29, 1.82) is 0 Å². The highest BCUT2D eigenvalue weighted by atomic mass is 32.1. The summed E-state index contributed by atoms with van der Waals surface area (Å²) in [5.41, 5.74) is 1.66. The molecule has 0 radical (unpaired) electrons. The number of hydrogen-bond donors (Lipinski definition) is 1. The van der Waals surface area contributed by atoms with Crippen LogP contribution in [0.4, 0.5) is 0 Å². The first-order valence-corrected chi connectivity index (χ1v) is 7.71. The maximum absolute atomic E-state index is 5.50. The fourth-order valence-electron chi connectivity index (χ4n) is 2.67. The van der Waals surface area contributed by atoms with Gasteiger partial charge in [-0.1, -0.05) is 6.92 Å². The van der Waals surface area contributed by atoms with Crippen molar-refractivity contribution >= 4 is 12.6 Å². The first-order chi connectivity index (χ1) is 9.28. The molecule has 1 aromatic rings. The van der Waals surface area contributed by atoms with E-state index in [0.29, 0.717) is 5.41 Å². The van der Waals surface area contributed by atoms with Crippen LogP contribution < -0.4 is 0 Å². The molecule has 1 fully saturated rings. The van der Waals surface area contributed by atoms with Gasteiger partial charge < -0.3 is 4.74 Å². The molecule has 0 amide bonds. The third kappa shape index (κ3) is 4.20. The molecule has 19 heavy (non-hydrogen) atoms. The second kappa shape index (κ2) is 7.27. The Balaban J connectivity index is 1.97. The van der Waals surface area contributed by atoms with Crippen molar-refractivity contribution in [2.24, 2.45) is 5.41 Å². The maximum atomic E-state index is 5.50. The highest BCUT2D eigenvalue weighted by Gasteiger charge is 2.32. The molecule has 3 nitrogen and oxygen atoms in total. The summed E-state index contributed by atoms with van der Waals surface area (Å²) in [5.74, 6) is 0.948. The molecule has 0 spiro atoms. The van der Waals surface area contributed by atoms with Crippen molar-refractivity contribution in [3.8, 4) is 0 Å². The first kappa shape index (κ1) is 14.8. The van der Waals surface area contributed by atoms with Gasteiger partial charge in [-0.3, -0.25) is 9.88 Å². The van der Waals surface area contributed by atoms with E-state index in [-0.39, 0.29) is 0 Å². The van der Waals surface area contributed by atoms with Gasteiger partial charge in [0, 0.05) is 38.7 Å². The van der Waals surface area contributed by atoms with Crippen LogP contribution in [0, 0.1) is 5.41 Å². The van der Waals surface area contributed by atoms with E-state index in [2.05, 4.69) is 41.6 Å². The molecule has 2 heterocycles. The third-order valence-electron chi connectivity index (χ3n) is 4.05. The molecule has 0 N–H and O–H groups in total. The van der Waals surface area contributed by atoms with Crippen LogP contribution in [0.25, 0.3) is 0 Å². The Labute approximate surface area is 121 Å². The first-order valence-electron chi connectivity index (χ1n) is 7.08. The summed E-state index contributed by atoms with van der Waals surface area (Å²) in [5, 5.41) is 0. The molecule has 4 heteroatoms. The molecule has 1 aliphatic heterocycles. The van der Waals surface area contributed by atoms with Gasteiger partial charge in [0.2, 0.25) is 0 Å². The molecule has 0 bridgehead atoms. The number of rotatable bonds is 6. The van der Waals surface area contributed by atoms with Crippen LogP contribution in [0.5, 0.6) is 0 Å². The molecule has 0 aromatic carbocycles. The molecule has 0 unspecified atom stereocenters. The molecular weight excluding hydrogens is 256 g/mol. The van der Waals surface area contributed by atoms with Gasteiger partial charge in [0.05, 0.1) is 0 Å². The minimum atomic E-state index is 0.324. The van der Waals surface area contributed by atoms with Crippen molar-refractivity contribution in [3.05, 3.63) is 30.1 Å². The monoisotopic (exact) mass is 280 g/mol. The van der Waals surface area contributed by atoms with E-state index in [0.717, 1.165) is 51.4 Å². The topological polar surface area (TPSA) is 25.4 Å². The number of pyridine rings is 1. The number of nitrogens with zero attached hydrogens (tertiary/aromatic N) is 2. The van der Waals surface area contributed by atoms with Crippen LogP contribution in [0.3, 0.4) is 0 Å². The summed E-state index contributed by atoms with van der Waals surface area (Å²) in [6, 6.07) is 4.19. The number of hydrogen-bond acceptors (Lipinski definition) is 4. The smallest absolute Gasteiger partial charge is 0.0472 e. The molecule has 0 saturated carbocycles. The standard InChI is InChI=1S/C15H24N2OS/c1-2-17(11-14-3-7-16-8-4-14)12-15(13-19)5-9-18-10-6-15/h3-4,7-8,19H,2,5-6,9-13H2,1H3. The maximum Gasteiger partial charge on any atom is 0.0472 e. The molecule has 1 saturated heterocycles. The molecule has 106 valence electrons. The second-order valence-electron chi connectivity index (χ2n) is 5.43. The molecule has 1 aliphatic rings. The highest BCUT2D eigenvalue weighted by molar-refractivity contribution is 7.80. The largest absolute Gasteiger partial charge is 0.381 e. The summed E-state index contributed by atoms with van der Waals surface area (Å²) in [6.07, 6.45) is 5.99. The normalized spacial score (nSPS) is 18.7. The van der Waals surface area contributed by atoms with Gasteiger partial charge >= 0.3 is 0 Å². The Hall–Kier alpha value is -0.580. The summed E-state index contributed by atoms with van der Waals surface area (Å²) in [6.45, 7) is 7.17. The quantitative estimate of drug-likeness (QED) is 0.811. The predicted octanol–water partition coefficient (Wildman–Crippen LogP) is 2.63. The van der Waals surface area contributed by atoms with Crippen LogP contribution in [-0.4, -0.2) is 41.9 Å². The van der Waals surface area contributed by atoms with Gasteiger partial charge in [-0.05, 0) is 48.3 Å².